The van der Waals surface area contributed by atoms with Crippen LogP contribution in [0.4, 0.5) is 0 Å². The second-order valence-electron chi connectivity index (χ2n) is 6.34. The maximum Gasteiger partial charge on any atom is 0.309 e. The molecule has 0 saturated carbocycles. The minimum Gasteiger partial charge on any atom is -0.493 e. The smallest absolute Gasteiger partial charge is 0.309 e. The van der Waals surface area contributed by atoms with E-state index in [-0.39, 0.29) is 17.8 Å². The van der Waals surface area contributed by atoms with E-state index >= 15 is 0 Å². The number of hydrogen-bond acceptors (Lipinski definition) is 4. The zero-order valence-electron chi connectivity index (χ0n) is 14.6. The predicted octanol–water partition coefficient (Wildman–Crippen LogP) is 4.59. The molecule has 3 rings (SSSR count). The predicted molar refractivity (Wildman–Crippen MR) is 101 cm³/mol. The van der Waals surface area contributed by atoms with Gasteiger partial charge in [-0.05, 0) is 48.2 Å². The Morgan fingerprint density at radius 2 is 1.65 bits per heavy atom. The van der Waals surface area contributed by atoms with Crippen molar-refractivity contribution in [2.75, 3.05) is 20.8 Å². The summed E-state index contributed by atoms with van der Waals surface area (Å²) in [4.78, 5) is 12.2. The molecule has 0 bridgehead atoms. The van der Waals surface area contributed by atoms with Crippen LogP contribution in [0, 0.1) is 11.8 Å². The second-order valence-corrected chi connectivity index (χ2v) is 7.16. The van der Waals surface area contributed by atoms with Gasteiger partial charge in [0.2, 0.25) is 0 Å². The SMILES string of the molecule is COc1ccc(C[C@H]2COC(=O)[C@@H]2Cc2ccc(Cl)c(Cl)c2)cc1OC. The fourth-order valence-electron chi connectivity index (χ4n) is 3.29. The molecule has 0 spiro atoms. The van der Waals surface area contributed by atoms with Gasteiger partial charge in [0, 0.05) is 5.92 Å². The Bertz CT molecular complexity index is 806. The standard InChI is InChI=1S/C20H20Cl2O4/c1-24-18-6-4-12(10-19(18)25-2)7-14-11-26-20(23)15(14)8-13-3-5-16(21)17(22)9-13/h3-6,9-10,14-15H,7-8,11H2,1-2H3/t14-,15+/m0/s1. The Labute approximate surface area is 163 Å². The summed E-state index contributed by atoms with van der Waals surface area (Å²) in [6.07, 6.45) is 1.30. The van der Waals surface area contributed by atoms with Crippen LogP contribution in [0.2, 0.25) is 10.0 Å². The van der Waals surface area contributed by atoms with E-state index in [1.54, 1.807) is 20.3 Å². The number of carbonyl (C=O) groups excluding carboxylic acids is 1. The molecular weight excluding hydrogens is 375 g/mol. The van der Waals surface area contributed by atoms with Crippen LogP contribution < -0.4 is 9.47 Å². The third-order valence-electron chi connectivity index (χ3n) is 4.70. The Kier molecular flexibility index (Phi) is 5.94. The first-order chi connectivity index (χ1) is 12.5. The van der Waals surface area contributed by atoms with Crippen molar-refractivity contribution in [1.82, 2.24) is 0 Å². The molecule has 0 amide bonds. The highest BCUT2D eigenvalue weighted by atomic mass is 35.5. The van der Waals surface area contributed by atoms with Crippen molar-refractivity contribution in [3.63, 3.8) is 0 Å². The Balaban J connectivity index is 1.76. The summed E-state index contributed by atoms with van der Waals surface area (Å²) in [5.74, 6) is 1.08. The van der Waals surface area contributed by atoms with E-state index in [1.807, 2.05) is 30.3 Å². The highest BCUT2D eigenvalue weighted by Gasteiger charge is 2.37. The number of ether oxygens (including phenoxy) is 3. The van der Waals surface area contributed by atoms with E-state index in [1.165, 1.54) is 0 Å². The first-order valence-corrected chi connectivity index (χ1v) is 9.09. The number of benzene rings is 2. The van der Waals surface area contributed by atoms with Crippen LogP contribution in [0.1, 0.15) is 11.1 Å². The van der Waals surface area contributed by atoms with Crippen LogP contribution in [0.25, 0.3) is 0 Å². The lowest BCUT2D eigenvalue weighted by molar-refractivity contribution is -0.141. The van der Waals surface area contributed by atoms with Crippen LogP contribution in [0.15, 0.2) is 36.4 Å². The molecule has 0 aromatic heterocycles. The third kappa shape index (κ3) is 4.08. The summed E-state index contributed by atoms with van der Waals surface area (Å²) in [7, 11) is 3.21. The maximum atomic E-state index is 12.2. The van der Waals surface area contributed by atoms with E-state index < -0.39 is 0 Å². The summed E-state index contributed by atoms with van der Waals surface area (Å²) >= 11 is 12.1. The minimum absolute atomic E-state index is 0.0926. The summed E-state index contributed by atoms with van der Waals surface area (Å²) in [5.41, 5.74) is 2.05. The highest BCUT2D eigenvalue weighted by molar-refractivity contribution is 6.42. The lowest BCUT2D eigenvalue weighted by atomic mass is 9.85. The lowest BCUT2D eigenvalue weighted by Gasteiger charge is -2.17. The summed E-state index contributed by atoms with van der Waals surface area (Å²) < 4.78 is 16.0. The number of methoxy groups -OCH3 is 2. The van der Waals surface area contributed by atoms with E-state index in [4.69, 9.17) is 37.4 Å². The second kappa shape index (κ2) is 8.19. The number of hydrogen-bond donors (Lipinski definition) is 0. The molecule has 1 saturated heterocycles. The van der Waals surface area contributed by atoms with Crippen LogP contribution in [-0.4, -0.2) is 26.8 Å². The lowest BCUT2D eigenvalue weighted by Crippen LogP contribution is -2.20. The zero-order valence-corrected chi connectivity index (χ0v) is 16.1. The molecule has 2 atom stereocenters. The summed E-state index contributed by atoms with van der Waals surface area (Å²) in [6, 6.07) is 11.3. The number of halogens is 2. The number of esters is 1. The average Bonchev–Trinajstić information content (AvgIpc) is 2.98. The molecule has 1 fully saturated rings. The molecule has 0 unspecified atom stereocenters. The maximum absolute atomic E-state index is 12.2. The molecule has 1 aliphatic rings. The van der Waals surface area contributed by atoms with Crippen molar-refractivity contribution < 1.29 is 19.0 Å². The quantitative estimate of drug-likeness (QED) is 0.672. The van der Waals surface area contributed by atoms with Gasteiger partial charge < -0.3 is 14.2 Å². The topological polar surface area (TPSA) is 44.8 Å². The zero-order chi connectivity index (χ0) is 18.7. The Morgan fingerprint density at radius 3 is 2.35 bits per heavy atom. The van der Waals surface area contributed by atoms with Gasteiger partial charge in [0.15, 0.2) is 11.5 Å². The molecule has 2 aromatic rings. The van der Waals surface area contributed by atoms with Crippen LogP contribution >= 0.6 is 23.2 Å². The molecule has 1 aliphatic heterocycles. The third-order valence-corrected chi connectivity index (χ3v) is 5.44. The van der Waals surface area contributed by atoms with E-state index in [2.05, 4.69) is 0 Å². The molecule has 0 radical (unpaired) electrons. The molecule has 138 valence electrons. The fraction of sp³-hybridized carbons (Fsp3) is 0.350. The van der Waals surface area contributed by atoms with Gasteiger partial charge >= 0.3 is 5.97 Å². The van der Waals surface area contributed by atoms with Gasteiger partial charge in [-0.15, -0.1) is 0 Å². The highest BCUT2D eigenvalue weighted by Crippen LogP contribution is 2.33. The van der Waals surface area contributed by atoms with Crippen LogP contribution in [0.5, 0.6) is 11.5 Å². The van der Waals surface area contributed by atoms with Gasteiger partial charge in [0.1, 0.15) is 0 Å². The molecule has 0 aliphatic carbocycles. The van der Waals surface area contributed by atoms with Crippen molar-refractivity contribution in [2.24, 2.45) is 11.8 Å². The number of rotatable bonds is 6. The molecule has 4 nitrogen and oxygen atoms in total. The Hall–Kier alpha value is -1.91. The van der Waals surface area contributed by atoms with Gasteiger partial charge in [0.25, 0.3) is 0 Å². The van der Waals surface area contributed by atoms with Crippen LogP contribution in [-0.2, 0) is 22.4 Å². The molecular formula is C20H20Cl2O4. The number of cyclic esters (lactones) is 1. The molecule has 2 aromatic carbocycles. The molecule has 1 heterocycles. The van der Waals surface area contributed by atoms with Crippen molar-refractivity contribution in [1.29, 1.82) is 0 Å². The van der Waals surface area contributed by atoms with Crippen molar-refractivity contribution in [3.8, 4) is 11.5 Å². The van der Waals surface area contributed by atoms with Crippen molar-refractivity contribution in [2.45, 2.75) is 12.8 Å². The minimum atomic E-state index is -0.208. The van der Waals surface area contributed by atoms with E-state index in [9.17, 15) is 4.79 Å². The van der Waals surface area contributed by atoms with E-state index in [0.29, 0.717) is 34.6 Å². The first-order valence-electron chi connectivity index (χ1n) is 8.33. The first kappa shape index (κ1) is 18.9. The summed E-state index contributed by atoms with van der Waals surface area (Å²) in [5, 5.41) is 0.998. The Morgan fingerprint density at radius 1 is 0.962 bits per heavy atom. The van der Waals surface area contributed by atoms with Gasteiger partial charge in [-0.1, -0.05) is 35.3 Å². The van der Waals surface area contributed by atoms with Crippen molar-refractivity contribution in [3.05, 3.63) is 57.6 Å². The van der Waals surface area contributed by atoms with Crippen LogP contribution in [0.3, 0.4) is 0 Å². The van der Waals surface area contributed by atoms with Gasteiger partial charge in [-0.2, -0.15) is 0 Å². The largest absolute Gasteiger partial charge is 0.493 e. The monoisotopic (exact) mass is 394 g/mol. The molecule has 6 heteroatoms. The molecule has 26 heavy (non-hydrogen) atoms. The van der Waals surface area contributed by atoms with Crippen molar-refractivity contribution >= 4 is 29.2 Å². The average molecular weight is 395 g/mol. The molecule has 0 N–H and O–H groups in total. The van der Waals surface area contributed by atoms with Gasteiger partial charge in [-0.3, -0.25) is 4.79 Å². The normalized spacial score (nSPS) is 19.3. The van der Waals surface area contributed by atoms with Gasteiger partial charge in [-0.25, -0.2) is 0 Å². The van der Waals surface area contributed by atoms with E-state index in [0.717, 1.165) is 17.5 Å². The number of carbonyl (C=O) groups is 1. The van der Waals surface area contributed by atoms with Gasteiger partial charge in [0.05, 0.1) is 36.8 Å². The fourth-order valence-corrected chi connectivity index (χ4v) is 3.61. The summed E-state index contributed by atoms with van der Waals surface area (Å²) in [6.45, 7) is 0.416.